The van der Waals surface area contributed by atoms with Crippen molar-refractivity contribution in [3.05, 3.63) is 47.3 Å². The summed E-state index contributed by atoms with van der Waals surface area (Å²) in [6.45, 7) is 10.6. The molecule has 1 saturated heterocycles. The van der Waals surface area contributed by atoms with Gasteiger partial charge in [0.15, 0.2) is 5.11 Å². The second-order valence-corrected chi connectivity index (χ2v) is 7.22. The molecule has 0 bridgehead atoms. The highest BCUT2D eigenvalue weighted by Gasteiger charge is 2.13. The van der Waals surface area contributed by atoms with Gasteiger partial charge < -0.3 is 15.4 Å². The standard InChI is InChI=1S/C20H29N5OS/c1-16-19(17(2)25(23-16)18-7-4-3-5-8-18)15-22-20(27)21-9-6-10-24-11-13-26-14-12-24/h3-5,7-8H,6,9-15H2,1-2H3,(H2,21,22,27). The van der Waals surface area contributed by atoms with Gasteiger partial charge in [0.2, 0.25) is 0 Å². The Morgan fingerprint density at radius 2 is 1.89 bits per heavy atom. The average molecular weight is 388 g/mol. The van der Waals surface area contributed by atoms with Crippen molar-refractivity contribution in [2.45, 2.75) is 26.8 Å². The van der Waals surface area contributed by atoms with Crippen molar-refractivity contribution in [1.82, 2.24) is 25.3 Å². The van der Waals surface area contributed by atoms with Crippen LogP contribution in [0.1, 0.15) is 23.4 Å². The zero-order valence-corrected chi connectivity index (χ0v) is 17.0. The molecule has 1 aromatic heterocycles. The molecule has 2 heterocycles. The largest absolute Gasteiger partial charge is 0.379 e. The van der Waals surface area contributed by atoms with E-state index in [0.29, 0.717) is 11.7 Å². The van der Waals surface area contributed by atoms with E-state index in [-0.39, 0.29) is 0 Å². The summed E-state index contributed by atoms with van der Waals surface area (Å²) in [5.74, 6) is 0. The maximum absolute atomic E-state index is 5.43. The summed E-state index contributed by atoms with van der Waals surface area (Å²) < 4.78 is 7.36. The van der Waals surface area contributed by atoms with Gasteiger partial charge in [-0.25, -0.2) is 4.68 Å². The molecule has 1 aromatic carbocycles. The number of hydrogen-bond acceptors (Lipinski definition) is 4. The van der Waals surface area contributed by atoms with Crippen LogP contribution >= 0.6 is 12.2 Å². The Bertz CT molecular complexity index is 740. The number of ether oxygens (including phenoxy) is 1. The Kier molecular flexibility index (Phi) is 7.20. The number of rotatable bonds is 7. The third kappa shape index (κ3) is 5.51. The predicted molar refractivity (Wildman–Crippen MR) is 112 cm³/mol. The first-order valence-corrected chi connectivity index (χ1v) is 9.98. The molecule has 0 aliphatic carbocycles. The third-order valence-corrected chi connectivity index (χ3v) is 5.20. The van der Waals surface area contributed by atoms with Crippen LogP contribution < -0.4 is 10.6 Å². The van der Waals surface area contributed by atoms with E-state index in [0.717, 1.165) is 62.9 Å². The molecule has 0 spiro atoms. The molecule has 6 nitrogen and oxygen atoms in total. The molecule has 7 heteroatoms. The Morgan fingerprint density at radius 3 is 2.63 bits per heavy atom. The Balaban J connectivity index is 1.44. The van der Waals surface area contributed by atoms with Crippen LogP contribution in [-0.2, 0) is 11.3 Å². The van der Waals surface area contributed by atoms with Crippen LogP contribution in [0.25, 0.3) is 5.69 Å². The first-order chi connectivity index (χ1) is 13.1. The molecular weight excluding hydrogens is 358 g/mol. The van der Waals surface area contributed by atoms with Gasteiger partial charge in [0.25, 0.3) is 0 Å². The lowest BCUT2D eigenvalue weighted by Gasteiger charge is -2.26. The van der Waals surface area contributed by atoms with E-state index in [1.165, 1.54) is 5.56 Å². The van der Waals surface area contributed by atoms with Crippen LogP contribution in [0.15, 0.2) is 30.3 Å². The summed E-state index contributed by atoms with van der Waals surface area (Å²) in [6, 6.07) is 10.2. The maximum atomic E-state index is 5.43. The molecule has 27 heavy (non-hydrogen) atoms. The van der Waals surface area contributed by atoms with Crippen molar-refractivity contribution in [3.8, 4) is 5.69 Å². The first kappa shape index (κ1) is 19.8. The summed E-state index contributed by atoms with van der Waals surface area (Å²) in [5.41, 5.74) is 4.43. The zero-order valence-electron chi connectivity index (χ0n) is 16.2. The molecule has 0 atom stereocenters. The van der Waals surface area contributed by atoms with Crippen molar-refractivity contribution < 1.29 is 4.74 Å². The van der Waals surface area contributed by atoms with Crippen molar-refractivity contribution in [1.29, 1.82) is 0 Å². The molecule has 146 valence electrons. The lowest BCUT2D eigenvalue weighted by molar-refractivity contribution is 0.0376. The van der Waals surface area contributed by atoms with Gasteiger partial charge in [-0.3, -0.25) is 4.90 Å². The minimum absolute atomic E-state index is 0.680. The number of thiocarbonyl (C=S) groups is 1. The summed E-state index contributed by atoms with van der Waals surface area (Å²) in [5, 5.41) is 12.0. The number of para-hydroxylation sites is 1. The van der Waals surface area contributed by atoms with Crippen LogP contribution in [-0.4, -0.2) is 59.2 Å². The lowest BCUT2D eigenvalue weighted by Crippen LogP contribution is -2.39. The second kappa shape index (κ2) is 9.82. The molecule has 2 aromatic rings. The van der Waals surface area contributed by atoms with E-state index < -0.39 is 0 Å². The molecule has 0 saturated carbocycles. The van der Waals surface area contributed by atoms with Crippen molar-refractivity contribution >= 4 is 17.3 Å². The van der Waals surface area contributed by atoms with Crippen molar-refractivity contribution in [2.24, 2.45) is 0 Å². The minimum Gasteiger partial charge on any atom is -0.379 e. The predicted octanol–water partition coefficient (Wildman–Crippen LogP) is 2.18. The Morgan fingerprint density at radius 1 is 1.15 bits per heavy atom. The highest BCUT2D eigenvalue weighted by atomic mass is 32.1. The van der Waals surface area contributed by atoms with Gasteiger partial charge >= 0.3 is 0 Å². The fraction of sp³-hybridized carbons (Fsp3) is 0.500. The number of hydrogen-bond donors (Lipinski definition) is 2. The van der Waals surface area contributed by atoms with Gasteiger partial charge in [-0.1, -0.05) is 18.2 Å². The summed E-state index contributed by atoms with van der Waals surface area (Å²) in [7, 11) is 0. The quantitative estimate of drug-likeness (QED) is 0.561. The van der Waals surface area contributed by atoms with E-state index >= 15 is 0 Å². The molecule has 1 aliphatic heterocycles. The van der Waals surface area contributed by atoms with Crippen LogP contribution in [0.3, 0.4) is 0 Å². The number of aromatic nitrogens is 2. The Hall–Kier alpha value is -1.96. The number of nitrogens with one attached hydrogen (secondary N) is 2. The van der Waals surface area contributed by atoms with Crippen LogP contribution in [0.2, 0.25) is 0 Å². The minimum atomic E-state index is 0.680. The number of aryl methyl sites for hydroxylation is 1. The monoisotopic (exact) mass is 387 g/mol. The van der Waals surface area contributed by atoms with Crippen LogP contribution in [0, 0.1) is 13.8 Å². The fourth-order valence-electron chi connectivity index (χ4n) is 3.31. The average Bonchev–Trinajstić information content (AvgIpc) is 2.99. The summed E-state index contributed by atoms with van der Waals surface area (Å²) in [6.07, 6.45) is 1.08. The number of morpholine rings is 1. The highest BCUT2D eigenvalue weighted by Crippen LogP contribution is 2.17. The molecule has 0 amide bonds. The molecule has 2 N–H and O–H groups in total. The van der Waals surface area contributed by atoms with Gasteiger partial charge in [-0.2, -0.15) is 5.10 Å². The third-order valence-electron chi connectivity index (χ3n) is 4.91. The fourth-order valence-corrected chi connectivity index (χ4v) is 3.49. The van der Waals surface area contributed by atoms with Crippen molar-refractivity contribution in [3.63, 3.8) is 0 Å². The van der Waals surface area contributed by atoms with Crippen LogP contribution in [0.4, 0.5) is 0 Å². The number of benzene rings is 1. The molecule has 0 radical (unpaired) electrons. The first-order valence-electron chi connectivity index (χ1n) is 9.57. The highest BCUT2D eigenvalue weighted by molar-refractivity contribution is 7.80. The lowest BCUT2D eigenvalue weighted by atomic mass is 10.2. The van der Waals surface area contributed by atoms with E-state index in [4.69, 9.17) is 17.0 Å². The van der Waals surface area contributed by atoms with E-state index in [9.17, 15) is 0 Å². The maximum Gasteiger partial charge on any atom is 0.166 e. The van der Waals surface area contributed by atoms with E-state index in [1.54, 1.807) is 0 Å². The smallest absolute Gasteiger partial charge is 0.166 e. The molecule has 0 unspecified atom stereocenters. The van der Waals surface area contributed by atoms with E-state index in [1.807, 2.05) is 29.8 Å². The van der Waals surface area contributed by atoms with Crippen molar-refractivity contribution in [2.75, 3.05) is 39.4 Å². The molecule has 3 rings (SSSR count). The van der Waals surface area contributed by atoms with Gasteiger partial charge in [0, 0.05) is 37.4 Å². The number of nitrogens with zero attached hydrogens (tertiary/aromatic N) is 3. The topological polar surface area (TPSA) is 54.4 Å². The van der Waals surface area contributed by atoms with Gasteiger partial charge in [-0.15, -0.1) is 0 Å². The molecule has 1 aliphatic rings. The van der Waals surface area contributed by atoms with Gasteiger partial charge in [0.05, 0.1) is 24.6 Å². The van der Waals surface area contributed by atoms with Gasteiger partial charge in [0.1, 0.15) is 0 Å². The Labute approximate surface area is 166 Å². The molecular formula is C20H29N5OS. The van der Waals surface area contributed by atoms with E-state index in [2.05, 4.69) is 39.7 Å². The molecule has 1 fully saturated rings. The zero-order chi connectivity index (χ0) is 19.1. The summed E-state index contributed by atoms with van der Waals surface area (Å²) in [4.78, 5) is 2.44. The SMILES string of the molecule is Cc1nn(-c2ccccc2)c(C)c1CNC(=S)NCCCN1CCOCC1. The summed E-state index contributed by atoms with van der Waals surface area (Å²) >= 11 is 5.43. The van der Waals surface area contributed by atoms with Crippen LogP contribution in [0.5, 0.6) is 0 Å². The normalized spacial score (nSPS) is 14.9. The van der Waals surface area contributed by atoms with Gasteiger partial charge in [-0.05, 0) is 51.2 Å². The second-order valence-electron chi connectivity index (χ2n) is 6.81.